The van der Waals surface area contributed by atoms with Crippen molar-refractivity contribution in [3.8, 4) is 0 Å². The zero-order chi connectivity index (χ0) is 14.5. The number of aliphatic hydroxyl groups is 2. The molecule has 7 heteroatoms. The number of carbonyl (C=O) groups excluding carboxylic acids is 3. The van der Waals surface area contributed by atoms with Crippen LogP contribution in [0.25, 0.3) is 0 Å². The van der Waals surface area contributed by atoms with Crippen LogP contribution >= 0.6 is 0 Å². The van der Waals surface area contributed by atoms with Gasteiger partial charge in [0.05, 0.1) is 0 Å². The Bertz CT molecular complexity index is 327. The van der Waals surface area contributed by atoms with E-state index >= 15 is 0 Å². The second-order valence-electron chi connectivity index (χ2n) is 4.54. The van der Waals surface area contributed by atoms with Crippen molar-refractivity contribution >= 4 is 17.8 Å². The van der Waals surface area contributed by atoms with Crippen molar-refractivity contribution in [2.75, 3.05) is 0 Å². The van der Waals surface area contributed by atoms with Gasteiger partial charge in [0.2, 0.25) is 5.91 Å². The number of esters is 2. The number of rotatable bonds is 6. The summed E-state index contributed by atoms with van der Waals surface area (Å²) in [6.45, 7) is 4.78. The van der Waals surface area contributed by atoms with Crippen LogP contribution in [-0.2, 0) is 19.1 Å². The highest BCUT2D eigenvalue weighted by atomic mass is 16.6. The summed E-state index contributed by atoms with van der Waals surface area (Å²) >= 11 is 0. The molecule has 0 aromatic heterocycles. The Kier molecular flexibility index (Phi) is 6.50. The standard InChI is InChI=1S/C11H19NO6/c1-5(2)4-7(13)18-11(17)9(15)6(3)8(14)10(12)16/h5-6,8-9,14-15H,4H2,1-3H3,(H2,12,16). The summed E-state index contributed by atoms with van der Waals surface area (Å²) in [5.74, 6) is -4.18. The lowest BCUT2D eigenvalue weighted by atomic mass is 9.97. The van der Waals surface area contributed by atoms with Gasteiger partial charge < -0.3 is 20.7 Å². The third-order valence-electron chi connectivity index (χ3n) is 2.32. The fourth-order valence-corrected chi connectivity index (χ4v) is 1.19. The molecule has 3 unspecified atom stereocenters. The molecule has 0 saturated carbocycles. The van der Waals surface area contributed by atoms with Crippen LogP contribution in [0.15, 0.2) is 0 Å². The molecule has 0 bridgehead atoms. The minimum atomic E-state index is -1.79. The van der Waals surface area contributed by atoms with Crippen molar-refractivity contribution in [1.82, 2.24) is 0 Å². The van der Waals surface area contributed by atoms with E-state index in [1.54, 1.807) is 13.8 Å². The normalized spacial score (nSPS) is 15.9. The van der Waals surface area contributed by atoms with Crippen LogP contribution < -0.4 is 5.73 Å². The van der Waals surface area contributed by atoms with E-state index < -0.39 is 36.0 Å². The molecule has 0 aliphatic rings. The predicted octanol–water partition coefficient (Wildman–Crippen LogP) is -1.05. The lowest BCUT2D eigenvalue weighted by Gasteiger charge is -2.20. The summed E-state index contributed by atoms with van der Waals surface area (Å²) in [5, 5.41) is 18.8. The Labute approximate surface area is 105 Å². The number of nitrogens with two attached hydrogens (primary N) is 1. The van der Waals surface area contributed by atoms with Gasteiger partial charge >= 0.3 is 11.9 Å². The maximum absolute atomic E-state index is 11.3. The molecule has 104 valence electrons. The minimum Gasteiger partial charge on any atom is -0.391 e. The van der Waals surface area contributed by atoms with E-state index in [2.05, 4.69) is 4.74 Å². The quantitative estimate of drug-likeness (QED) is 0.413. The van der Waals surface area contributed by atoms with Crippen molar-refractivity contribution < 1.29 is 29.3 Å². The summed E-state index contributed by atoms with van der Waals surface area (Å²) < 4.78 is 4.38. The summed E-state index contributed by atoms with van der Waals surface area (Å²) in [7, 11) is 0. The third-order valence-corrected chi connectivity index (χ3v) is 2.32. The largest absolute Gasteiger partial charge is 0.391 e. The van der Waals surface area contributed by atoms with E-state index in [1.807, 2.05) is 0 Å². The van der Waals surface area contributed by atoms with Gasteiger partial charge in [-0.25, -0.2) is 4.79 Å². The van der Waals surface area contributed by atoms with E-state index in [4.69, 9.17) is 5.73 Å². The van der Waals surface area contributed by atoms with Crippen LogP contribution in [0.5, 0.6) is 0 Å². The third kappa shape index (κ3) is 5.24. The number of hydrogen-bond donors (Lipinski definition) is 3. The molecule has 0 aliphatic carbocycles. The van der Waals surface area contributed by atoms with Crippen LogP contribution in [0.3, 0.4) is 0 Å². The molecule has 18 heavy (non-hydrogen) atoms. The van der Waals surface area contributed by atoms with Gasteiger partial charge in [0.1, 0.15) is 6.10 Å². The lowest BCUT2D eigenvalue weighted by Crippen LogP contribution is -2.43. The highest BCUT2D eigenvalue weighted by molar-refractivity contribution is 5.88. The van der Waals surface area contributed by atoms with E-state index in [1.165, 1.54) is 6.92 Å². The SMILES string of the molecule is CC(C)CC(=O)OC(=O)C(O)C(C)C(O)C(N)=O. The van der Waals surface area contributed by atoms with Crippen molar-refractivity contribution in [3.05, 3.63) is 0 Å². The average Bonchev–Trinajstić information content (AvgIpc) is 2.24. The Hall–Kier alpha value is -1.47. The van der Waals surface area contributed by atoms with Gasteiger partial charge in [-0.3, -0.25) is 9.59 Å². The zero-order valence-electron chi connectivity index (χ0n) is 10.6. The Morgan fingerprint density at radius 3 is 2.00 bits per heavy atom. The molecule has 7 nitrogen and oxygen atoms in total. The molecule has 0 saturated heterocycles. The van der Waals surface area contributed by atoms with Crippen molar-refractivity contribution in [2.45, 2.75) is 39.4 Å². The highest BCUT2D eigenvalue weighted by Crippen LogP contribution is 2.11. The molecule has 0 spiro atoms. The van der Waals surface area contributed by atoms with Crippen LogP contribution in [-0.4, -0.2) is 40.3 Å². The van der Waals surface area contributed by atoms with Gasteiger partial charge in [-0.2, -0.15) is 0 Å². The van der Waals surface area contributed by atoms with Crippen molar-refractivity contribution in [1.29, 1.82) is 0 Å². The molecule has 3 atom stereocenters. The van der Waals surface area contributed by atoms with E-state index in [9.17, 15) is 24.6 Å². The maximum Gasteiger partial charge on any atom is 0.342 e. The summed E-state index contributed by atoms with van der Waals surface area (Å²) in [6.07, 6.45) is -3.44. The smallest absolute Gasteiger partial charge is 0.342 e. The van der Waals surface area contributed by atoms with Crippen LogP contribution in [0.4, 0.5) is 0 Å². The monoisotopic (exact) mass is 261 g/mol. The molecular weight excluding hydrogens is 242 g/mol. The first-order valence-electron chi connectivity index (χ1n) is 5.56. The second kappa shape index (κ2) is 7.07. The number of hydrogen-bond acceptors (Lipinski definition) is 6. The second-order valence-corrected chi connectivity index (χ2v) is 4.54. The molecule has 4 N–H and O–H groups in total. The zero-order valence-corrected chi connectivity index (χ0v) is 10.6. The molecule has 1 amide bonds. The van der Waals surface area contributed by atoms with Crippen LogP contribution in [0, 0.1) is 11.8 Å². The van der Waals surface area contributed by atoms with Crippen LogP contribution in [0.2, 0.25) is 0 Å². The molecule has 0 fully saturated rings. The van der Waals surface area contributed by atoms with Gasteiger partial charge in [0.15, 0.2) is 6.10 Å². The fraction of sp³-hybridized carbons (Fsp3) is 0.727. The first-order valence-corrected chi connectivity index (χ1v) is 5.56. The molecular formula is C11H19NO6. The number of carbonyl (C=O) groups is 3. The Morgan fingerprint density at radius 2 is 1.61 bits per heavy atom. The van der Waals surface area contributed by atoms with E-state index in [0.717, 1.165) is 0 Å². The summed E-state index contributed by atoms with van der Waals surface area (Å²) in [5.41, 5.74) is 4.82. The van der Waals surface area contributed by atoms with Gasteiger partial charge in [-0.15, -0.1) is 0 Å². The minimum absolute atomic E-state index is 0.0103. The molecule has 0 heterocycles. The lowest BCUT2D eigenvalue weighted by molar-refractivity contribution is -0.169. The Balaban J connectivity index is 4.42. The average molecular weight is 261 g/mol. The van der Waals surface area contributed by atoms with Gasteiger partial charge in [-0.05, 0) is 5.92 Å². The fourth-order valence-electron chi connectivity index (χ4n) is 1.19. The maximum atomic E-state index is 11.3. The molecule has 0 rings (SSSR count). The first-order chi connectivity index (χ1) is 8.16. The topological polar surface area (TPSA) is 127 Å². The molecule has 0 radical (unpaired) electrons. The van der Waals surface area contributed by atoms with Gasteiger partial charge in [0.25, 0.3) is 0 Å². The number of aliphatic hydroxyl groups excluding tert-OH is 2. The molecule has 0 aromatic carbocycles. The number of amides is 1. The highest BCUT2D eigenvalue weighted by Gasteiger charge is 2.33. The van der Waals surface area contributed by atoms with Gasteiger partial charge in [-0.1, -0.05) is 20.8 Å². The van der Waals surface area contributed by atoms with Crippen molar-refractivity contribution in [3.63, 3.8) is 0 Å². The number of primary amides is 1. The summed E-state index contributed by atoms with van der Waals surface area (Å²) in [6, 6.07) is 0. The Morgan fingerprint density at radius 1 is 1.11 bits per heavy atom. The number of ether oxygens (including phenoxy) is 1. The predicted molar refractivity (Wildman–Crippen MR) is 60.9 cm³/mol. The molecule has 0 aliphatic heterocycles. The van der Waals surface area contributed by atoms with Crippen LogP contribution in [0.1, 0.15) is 27.2 Å². The van der Waals surface area contributed by atoms with E-state index in [-0.39, 0.29) is 12.3 Å². The summed E-state index contributed by atoms with van der Waals surface area (Å²) in [4.78, 5) is 33.2. The van der Waals surface area contributed by atoms with Crippen molar-refractivity contribution in [2.24, 2.45) is 17.6 Å². The molecule has 0 aromatic rings. The van der Waals surface area contributed by atoms with Gasteiger partial charge in [0, 0.05) is 12.3 Å². The first kappa shape index (κ1) is 16.5. The van der Waals surface area contributed by atoms with E-state index in [0.29, 0.717) is 0 Å².